The normalized spacial score (nSPS) is 16.1. The number of rotatable bonds is 2. The van der Waals surface area contributed by atoms with Crippen LogP contribution in [0.2, 0.25) is 0 Å². The van der Waals surface area contributed by atoms with Gasteiger partial charge < -0.3 is 5.11 Å². The van der Waals surface area contributed by atoms with E-state index in [1.807, 2.05) is 39.8 Å². The van der Waals surface area contributed by atoms with Crippen LogP contribution < -0.4 is 0 Å². The molecule has 2 atom stereocenters. The molecule has 15 heavy (non-hydrogen) atoms. The van der Waals surface area contributed by atoms with E-state index in [0.29, 0.717) is 0 Å². The fourth-order valence-electron chi connectivity index (χ4n) is 1.57. The highest BCUT2D eigenvalue weighted by Gasteiger charge is 2.29. The monoisotopic (exact) mass is 271 g/mol. The van der Waals surface area contributed by atoms with E-state index in [1.165, 1.54) is 0 Å². The summed E-state index contributed by atoms with van der Waals surface area (Å²) in [6.07, 6.45) is 1.38. The van der Waals surface area contributed by atoms with Gasteiger partial charge >= 0.3 is 0 Å². The molecule has 0 saturated heterocycles. The maximum absolute atomic E-state index is 10.1. The lowest BCUT2D eigenvalue weighted by atomic mass is 9.81. The van der Waals surface area contributed by atoms with Crippen LogP contribution in [0, 0.1) is 5.41 Å². The van der Waals surface area contributed by atoms with Gasteiger partial charge in [-0.2, -0.15) is 0 Å². The molecule has 1 aromatic rings. The van der Waals surface area contributed by atoms with Crippen molar-refractivity contribution in [2.24, 2.45) is 5.41 Å². The van der Waals surface area contributed by atoms with Gasteiger partial charge in [-0.3, -0.25) is 4.98 Å². The zero-order chi connectivity index (χ0) is 11.6. The second kappa shape index (κ2) is 4.62. The molecule has 0 aliphatic carbocycles. The maximum atomic E-state index is 10.1. The predicted molar refractivity (Wildman–Crippen MR) is 65.8 cm³/mol. The van der Waals surface area contributed by atoms with Gasteiger partial charge in [0.25, 0.3) is 0 Å². The molecular formula is C12H18BrNO. The van der Waals surface area contributed by atoms with Crippen LogP contribution in [0.15, 0.2) is 22.8 Å². The molecule has 0 aliphatic rings. The van der Waals surface area contributed by atoms with Crippen LogP contribution in [0.1, 0.15) is 39.3 Å². The SMILES string of the molecule is CC(c1ccc(Br)cn1)C(O)C(C)(C)C. The summed E-state index contributed by atoms with van der Waals surface area (Å²) >= 11 is 3.35. The molecule has 0 aliphatic heterocycles. The summed E-state index contributed by atoms with van der Waals surface area (Å²) in [6, 6.07) is 3.90. The van der Waals surface area contributed by atoms with E-state index in [4.69, 9.17) is 0 Å². The Bertz CT molecular complexity index is 315. The van der Waals surface area contributed by atoms with Gasteiger partial charge in [-0.15, -0.1) is 0 Å². The van der Waals surface area contributed by atoms with Gasteiger partial charge in [0, 0.05) is 22.3 Å². The Labute approximate surface area is 99.9 Å². The molecule has 2 unspecified atom stereocenters. The first-order chi connectivity index (χ1) is 6.82. The third-order valence-electron chi connectivity index (χ3n) is 2.58. The second-order valence-corrected chi connectivity index (χ2v) is 5.92. The third-order valence-corrected chi connectivity index (χ3v) is 3.05. The Morgan fingerprint density at radius 3 is 2.33 bits per heavy atom. The van der Waals surface area contributed by atoms with Gasteiger partial charge in [0.05, 0.1) is 6.10 Å². The molecule has 0 saturated carbocycles. The third kappa shape index (κ3) is 3.28. The van der Waals surface area contributed by atoms with Crippen LogP contribution >= 0.6 is 15.9 Å². The summed E-state index contributed by atoms with van der Waals surface area (Å²) in [5, 5.41) is 10.1. The van der Waals surface area contributed by atoms with Crippen molar-refractivity contribution in [1.29, 1.82) is 0 Å². The zero-order valence-electron chi connectivity index (χ0n) is 9.66. The molecule has 84 valence electrons. The molecule has 1 aromatic heterocycles. The van der Waals surface area contributed by atoms with Gasteiger partial charge in [-0.25, -0.2) is 0 Å². The van der Waals surface area contributed by atoms with E-state index < -0.39 is 0 Å². The number of aliphatic hydroxyl groups excluding tert-OH is 1. The molecule has 0 amide bonds. The van der Waals surface area contributed by atoms with E-state index >= 15 is 0 Å². The summed E-state index contributed by atoms with van der Waals surface area (Å²) in [5.41, 5.74) is 0.814. The summed E-state index contributed by atoms with van der Waals surface area (Å²) in [4.78, 5) is 4.31. The molecule has 2 nitrogen and oxygen atoms in total. The Hall–Kier alpha value is -0.410. The quantitative estimate of drug-likeness (QED) is 0.895. The van der Waals surface area contributed by atoms with Crippen molar-refractivity contribution in [3.05, 3.63) is 28.5 Å². The molecule has 0 spiro atoms. The predicted octanol–water partition coefficient (Wildman–Crippen LogP) is 3.35. The highest BCUT2D eigenvalue weighted by atomic mass is 79.9. The van der Waals surface area contributed by atoms with Gasteiger partial charge in [0.1, 0.15) is 0 Å². The molecule has 0 radical (unpaired) electrons. The average molecular weight is 272 g/mol. The van der Waals surface area contributed by atoms with Gasteiger partial charge in [0.15, 0.2) is 0 Å². The van der Waals surface area contributed by atoms with Crippen LogP contribution in [0.3, 0.4) is 0 Å². The van der Waals surface area contributed by atoms with E-state index in [0.717, 1.165) is 10.2 Å². The minimum absolute atomic E-state index is 0.0538. The Balaban J connectivity index is 2.85. The highest BCUT2D eigenvalue weighted by molar-refractivity contribution is 9.10. The van der Waals surface area contributed by atoms with Crippen molar-refractivity contribution in [3.63, 3.8) is 0 Å². The standard InChI is InChI=1S/C12H18BrNO/c1-8(11(15)12(2,3)4)10-6-5-9(13)7-14-10/h5-8,11,15H,1-4H3. The maximum Gasteiger partial charge on any atom is 0.0669 e. The molecule has 1 heterocycles. The molecular weight excluding hydrogens is 254 g/mol. The van der Waals surface area contributed by atoms with Crippen LogP contribution in [0.4, 0.5) is 0 Å². The fraction of sp³-hybridized carbons (Fsp3) is 0.583. The Morgan fingerprint density at radius 2 is 1.93 bits per heavy atom. The van der Waals surface area contributed by atoms with Gasteiger partial charge in [-0.05, 0) is 33.5 Å². The van der Waals surface area contributed by atoms with Crippen molar-refractivity contribution < 1.29 is 5.11 Å². The average Bonchev–Trinajstić information content (AvgIpc) is 2.15. The van der Waals surface area contributed by atoms with Crippen molar-refractivity contribution in [3.8, 4) is 0 Å². The topological polar surface area (TPSA) is 33.1 Å². The zero-order valence-corrected chi connectivity index (χ0v) is 11.2. The van der Waals surface area contributed by atoms with Crippen LogP contribution in [0.25, 0.3) is 0 Å². The Morgan fingerprint density at radius 1 is 1.33 bits per heavy atom. The van der Waals surface area contributed by atoms with Crippen molar-refractivity contribution >= 4 is 15.9 Å². The molecule has 1 N–H and O–H groups in total. The molecule has 0 aromatic carbocycles. The smallest absolute Gasteiger partial charge is 0.0669 e. The Kier molecular flexibility index (Phi) is 3.90. The van der Waals surface area contributed by atoms with Crippen molar-refractivity contribution in [1.82, 2.24) is 4.98 Å². The first kappa shape index (κ1) is 12.7. The number of hydrogen-bond acceptors (Lipinski definition) is 2. The number of hydrogen-bond donors (Lipinski definition) is 1. The van der Waals surface area contributed by atoms with Crippen molar-refractivity contribution in [2.45, 2.75) is 39.7 Å². The number of aromatic nitrogens is 1. The largest absolute Gasteiger partial charge is 0.392 e. The van der Waals surface area contributed by atoms with E-state index in [1.54, 1.807) is 6.20 Å². The fourth-order valence-corrected chi connectivity index (χ4v) is 1.80. The highest BCUT2D eigenvalue weighted by Crippen LogP contribution is 2.30. The first-order valence-corrected chi connectivity index (χ1v) is 5.91. The summed E-state index contributed by atoms with van der Waals surface area (Å²) in [5.74, 6) is 0.0538. The van der Waals surface area contributed by atoms with Crippen LogP contribution in [0.5, 0.6) is 0 Å². The molecule has 0 bridgehead atoms. The van der Waals surface area contributed by atoms with Crippen molar-refractivity contribution in [2.75, 3.05) is 0 Å². The van der Waals surface area contributed by atoms with Gasteiger partial charge in [-0.1, -0.05) is 27.7 Å². The molecule has 3 heteroatoms. The van der Waals surface area contributed by atoms with Crippen LogP contribution in [-0.2, 0) is 0 Å². The lowest BCUT2D eigenvalue weighted by Crippen LogP contribution is -2.31. The van der Waals surface area contributed by atoms with Gasteiger partial charge in [0.2, 0.25) is 0 Å². The van der Waals surface area contributed by atoms with E-state index in [9.17, 15) is 5.11 Å². The first-order valence-electron chi connectivity index (χ1n) is 5.12. The lowest BCUT2D eigenvalue weighted by Gasteiger charge is -2.30. The minimum atomic E-state index is -0.383. The second-order valence-electron chi connectivity index (χ2n) is 5.00. The summed E-state index contributed by atoms with van der Waals surface area (Å²) < 4.78 is 0.962. The lowest BCUT2D eigenvalue weighted by molar-refractivity contribution is 0.0424. The summed E-state index contributed by atoms with van der Waals surface area (Å²) in [6.45, 7) is 8.11. The van der Waals surface area contributed by atoms with E-state index in [-0.39, 0.29) is 17.4 Å². The van der Waals surface area contributed by atoms with Crippen LogP contribution in [-0.4, -0.2) is 16.2 Å². The van der Waals surface area contributed by atoms with E-state index in [2.05, 4.69) is 20.9 Å². The number of pyridine rings is 1. The summed E-state index contributed by atoms with van der Waals surface area (Å²) in [7, 11) is 0. The minimum Gasteiger partial charge on any atom is -0.392 e. The number of nitrogens with zero attached hydrogens (tertiary/aromatic N) is 1. The molecule has 1 rings (SSSR count). The molecule has 0 fully saturated rings. The number of halogens is 1. The number of aliphatic hydroxyl groups is 1.